The number of hydrogen-bond acceptors (Lipinski definition) is 4. The zero-order valence-corrected chi connectivity index (χ0v) is 19.0. The Kier molecular flexibility index (Phi) is 9.01. The Morgan fingerprint density at radius 2 is 1.87 bits per heavy atom. The molecule has 1 aliphatic heterocycles. The Hall–Kier alpha value is -1.59. The van der Waals surface area contributed by atoms with Crippen LogP contribution in [0.3, 0.4) is 0 Å². The molecule has 168 valence electrons. The number of ether oxygens (including phenoxy) is 2. The minimum absolute atomic E-state index is 0.00400. The highest BCUT2D eigenvalue weighted by Gasteiger charge is 2.39. The SMILES string of the molecule is CCOC1(C(=O)Nc2ccc(OCCCN3CCCC(C)C3)cc2)CCCCCC1. The first kappa shape index (κ1) is 23.1. The van der Waals surface area contributed by atoms with Gasteiger partial charge in [-0.1, -0.05) is 32.6 Å². The van der Waals surface area contributed by atoms with Crippen LogP contribution in [0, 0.1) is 5.92 Å². The maximum absolute atomic E-state index is 13.0. The average molecular weight is 417 g/mol. The van der Waals surface area contributed by atoms with E-state index in [2.05, 4.69) is 17.1 Å². The van der Waals surface area contributed by atoms with E-state index in [9.17, 15) is 4.79 Å². The highest BCUT2D eigenvalue weighted by molar-refractivity contribution is 5.97. The van der Waals surface area contributed by atoms with E-state index in [1.165, 1.54) is 38.8 Å². The number of carbonyl (C=O) groups is 1. The van der Waals surface area contributed by atoms with Crippen LogP contribution in [-0.2, 0) is 9.53 Å². The Bertz CT molecular complexity index is 638. The van der Waals surface area contributed by atoms with Gasteiger partial charge in [-0.2, -0.15) is 0 Å². The molecule has 1 saturated heterocycles. The lowest BCUT2D eigenvalue weighted by atomic mass is 9.93. The normalized spacial score (nSPS) is 22.3. The third-order valence-electron chi connectivity index (χ3n) is 6.49. The molecule has 0 spiro atoms. The summed E-state index contributed by atoms with van der Waals surface area (Å²) in [5.74, 6) is 1.67. The molecule has 1 atom stereocenters. The first-order valence-electron chi connectivity index (χ1n) is 12.0. The van der Waals surface area contributed by atoms with Crippen LogP contribution in [0.5, 0.6) is 5.75 Å². The van der Waals surface area contributed by atoms with E-state index in [0.717, 1.165) is 62.6 Å². The average Bonchev–Trinajstić information content (AvgIpc) is 2.99. The summed E-state index contributed by atoms with van der Waals surface area (Å²) in [6, 6.07) is 7.74. The van der Waals surface area contributed by atoms with Crippen molar-refractivity contribution in [1.29, 1.82) is 0 Å². The molecule has 0 radical (unpaired) electrons. The van der Waals surface area contributed by atoms with E-state index < -0.39 is 5.60 Å². The first-order valence-corrected chi connectivity index (χ1v) is 12.0. The standard InChI is InChI=1S/C25H40N2O3/c1-3-30-25(15-6-4-5-7-16-25)24(28)26-22-11-13-23(14-12-22)29-19-9-18-27-17-8-10-21(2)20-27/h11-14,21H,3-10,15-20H2,1-2H3,(H,26,28). The largest absolute Gasteiger partial charge is 0.494 e. The van der Waals surface area contributed by atoms with E-state index in [4.69, 9.17) is 9.47 Å². The number of nitrogens with one attached hydrogen (secondary N) is 1. The van der Waals surface area contributed by atoms with Crippen LogP contribution in [-0.4, -0.2) is 49.3 Å². The summed E-state index contributed by atoms with van der Waals surface area (Å²) in [6.45, 7) is 9.16. The van der Waals surface area contributed by atoms with E-state index in [-0.39, 0.29) is 5.91 Å². The maximum Gasteiger partial charge on any atom is 0.256 e. The van der Waals surface area contributed by atoms with Gasteiger partial charge in [-0.15, -0.1) is 0 Å². The van der Waals surface area contributed by atoms with E-state index in [1.54, 1.807) is 0 Å². The van der Waals surface area contributed by atoms with Crippen LogP contribution in [0.1, 0.15) is 71.6 Å². The molecule has 1 heterocycles. The summed E-state index contributed by atoms with van der Waals surface area (Å²) < 4.78 is 11.9. The van der Waals surface area contributed by atoms with Gasteiger partial charge in [0.2, 0.25) is 0 Å². The summed E-state index contributed by atoms with van der Waals surface area (Å²) in [7, 11) is 0. The molecule has 5 heteroatoms. The predicted molar refractivity (Wildman–Crippen MR) is 122 cm³/mol. The van der Waals surface area contributed by atoms with Crippen molar-refractivity contribution in [2.75, 3.05) is 38.2 Å². The third kappa shape index (κ3) is 6.71. The molecule has 1 saturated carbocycles. The zero-order chi connectivity index (χ0) is 21.2. The molecule has 1 aliphatic carbocycles. The molecule has 1 amide bonds. The fourth-order valence-electron chi connectivity index (χ4n) is 4.86. The van der Waals surface area contributed by atoms with Crippen molar-refractivity contribution in [2.24, 2.45) is 5.92 Å². The lowest BCUT2D eigenvalue weighted by molar-refractivity contribution is -0.143. The Morgan fingerprint density at radius 1 is 1.13 bits per heavy atom. The highest BCUT2D eigenvalue weighted by atomic mass is 16.5. The van der Waals surface area contributed by atoms with Gasteiger partial charge in [-0.25, -0.2) is 0 Å². The number of carbonyl (C=O) groups excluding carboxylic acids is 1. The number of rotatable bonds is 9. The van der Waals surface area contributed by atoms with E-state index in [0.29, 0.717) is 6.61 Å². The van der Waals surface area contributed by atoms with Crippen LogP contribution in [0.2, 0.25) is 0 Å². The van der Waals surface area contributed by atoms with Crippen molar-refractivity contribution < 1.29 is 14.3 Å². The second-order valence-electron chi connectivity index (χ2n) is 9.07. The molecule has 2 aliphatic rings. The van der Waals surface area contributed by atoms with Crippen LogP contribution >= 0.6 is 0 Å². The Labute approximate surface area is 182 Å². The van der Waals surface area contributed by atoms with Gasteiger partial charge in [-0.3, -0.25) is 4.79 Å². The van der Waals surface area contributed by atoms with Crippen molar-refractivity contribution in [3.8, 4) is 5.75 Å². The molecular formula is C25H40N2O3. The fourth-order valence-corrected chi connectivity index (χ4v) is 4.86. The van der Waals surface area contributed by atoms with Gasteiger partial charge in [0.25, 0.3) is 5.91 Å². The van der Waals surface area contributed by atoms with Crippen LogP contribution in [0.25, 0.3) is 0 Å². The number of nitrogens with zero attached hydrogens (tertiary/aromatic N) is 1. The molecule has 30 heavy (non-hydrogen) atoms. The number of anilines is 1. The quantitative estimate of drug-likeness (QED) is 0.441. The minimum atomic E-state index is -0.674. The minimum Gasteiger partial charge on any atom is -0.494 e. The molecule has 5 nitrogen and oxygen atoms in total. The van der Waals surface area contributed by atoms with Crippen LogP contribution in [0.4, 0.5) is 5.69 Å². The third-order valence-corrected chi connectivity index (χ3v) is 6.49. The molecule has 1 aromatic carbocycles. The lowest BCUT2D eigenvalue weighted by Gasteiger charge is -2.31. The second kappa shape index (κ2) is 11.7. The van der Waals surface area contributed by atoms with Gasteiger partial charge in [-0.05, 0) is 75.8 Å². The summed E-state index contributed by atoms with van der Waals surface area (Å²) in [4.78, 5) is 15.6. The monoisotopic (exact) mass is 416 g/mol. The first-order chi connectivity index (χ1) is 14.6. The second-order valence-corrected chi connectivity index (χ2v) is 9.07. The summed E-state index contributed by atoms with van der Waals surface area (Å²) >= 11 is 0. The van der Waals surface area contributed by atoms with E-state index >= 15 is 0 Å². The van der Waals surface area contributed by atoms with Gasteiger partial charge in [0.1, 0.15) is 11.4 Å². The Morgan fingerprint density at radius 3 is 2.53 bits per heavy atom. The maximum atomic E-state index is 13.0. The molecule has 3 rings (SSSR count). The molecule has 2 fully saturated rings. The topological polar surface area (TPSA) is 50.8 Å². The number of piperidine rings is 1. The summed E-state index contributed by atoms with van der Waals surface area (Å²) in [5.41, 5.74) is 0.129. The van der Waals surface area contributed by atoms with Gasteiger partial charge in [0.05, 0.1) is 6.61 Å². The lowest BCUT2D eigenvalue weighted by Crippen LogP contribution is -2.45. The highest BCUT2D eigenvalue weighted by Crippen LogP contribution is 2.32. The van der Waals surface area contributed by atoms with Crippen molar-refractivity contribution >= 4 is 11.6 Å². The number of amides is 1. The molecule has 0 bridgehead atoms. The van der Waals surface area contributed by atoms with Crippen LogP contribution < -0.4 is 10.1 Å². The van der Waals surface area contributed by atoms with Crippen molar-refractivity contribution in [1.82, 2.24) is 4.90 Å². The fraction of sp³-hybridized carbons (Fsp3) is 0.720. The van der Waals surface area contributed by atoms with Gasteiger partial charge >= 0.3 is 0 Å². The molecular weight excluding hydrogens is 376 g/mol. The molecule has 1 N–H and O–H groups in total. The van der Waals surface area contributed by atoms with Gasteiger partial charge < -0.3 is 19.7 Å². The predicted octanol–water partition coefficient (Wildman–Crippen LogP) is 5.26. The van der Waals surface area contributed by atoms with Crippen molar-refractivity contribution in [3.63, 3.8) is 0 Å². The Balaban J connectivity index is 1.44. The van der Waals surface area contributed by atoms with Crippen molar-refractivity contribution in [2.45, 2.75) is 77.2 Å². The van der Waals surface area contributed by atoms with Gasteiger partial charge in [0, 0.05) is 25.4 Å². The number of likely N-dealkylation sites (tertiary alicyclic amines) is 1. The number of benzene rings is 1. The smallest absolute Gasteiger partial charge is 0.256 e. The van der Waals surface area contributed by atoms with E-state index in [1.807, 2.05) is 31.2 Å². The van der Waals surface area contributed by atoms with Crippen LogP contribution in [0.15, 0.2) is 24.3 Å². The molecule has 1 aromatic rings. The number of hydrogen-bond donors (Lipinski definition) is 1. The molecule has 1 unspecified atom stereocenters. The summed E-state index contributed by atoms with van der Waals surface area (Å²) in [6.07, 6.45) is 9.82. The molecule has 0 aromatic heterocycles. The zero-order valence-electron chi connectivity index (χ0n) is 19.0. The van der Waals surface area contributed by atoms with Gasteiger partial charge in [0.15, 0.2) is 0 Å². The van der Waals surface area contributed by atoms with Crippen molar-refractivity contribution in [3.05, 3.63) is 24.3 Å². The summed E-state index contributed by atoms with van der Waals surface area (Å²) in [5, 5.41) is 3.08.